The molecule has 3 aromatic rings. The molecule has 3 N–H and O–H groups in total. The van der Waals surface area contributed by atoms with Crippen molar-refractivity contribution >= 4 is 22.9 Å². The van der Waals surface area contributed by atoms with E-state index in [1.165, 1.54) is 9.44 Å². The fourth-order valence-corrected chi connectivity index (χ4v) is 4.57. The van der Waals surface area contributed by atoms with Crippen molar-refractivity contribution in [1.82, 2.24) is 14.5 Å². The van der Waals surface area contributed by atoms with Gasteiger partial charge in [0.25, 0.3) is 5.56 Å². The van der Waals surface area contributed by atoms with Gasteiger partial charge in [0.2, 0.25) is 0 Å². The van der Waals surface area contributed by atoms with Crippen LogP contribution in [0.3, 0.4) is 0 Å². The van der Waals surface area contributed by atoms with Crippen molar-refractivity contribution in [2.24, 2.45) is 0 Å². The molecular weight excluding hydrogens is 440 g/mol. The van der Waals surface area contributed by atoms with E-state index in [4.69, 9.17) is 10.5 Å². The Balaban J connectivity index is 1.90. The molecule has 0 aliphatic carbocycles. The van der Waals surface area contributed by atoms with Crippen LogP contribution in [0.2, 0.25) is 0 Å². The summed E-state index contributed by atoms with van der Waals surface area (Å²) >= 11 is 1.67. The van der Waals surface area contributed by atoms with Crippen LogP contribution in [0.4, 0.5) is 5.82 Å². The van der Waals surface area contributed by atoms with Crippen LogP contribution >= 0.6 is 11.3 Å². The van der Waals surface area contributed by atoms with Crippen molar-refractivity contribution < 1.29 is 9.53 Å². The molecule has 1 aromatic carbocycles. The van der Waals surface area contributed by atoms with Crippen LogP contribution < -0.4 is 21.7 Å². The summed E-state index contributed by atoms with van der Waals surface area (Å²) in [5.41, 5.74) is 5.62. The Morgan fingerprint density at radius 1 is 1.24 bits per heavy atom. The molecular formula is C24H30N4O4S. The van der Waals surface area contributed by atoms with Gasteiger partial charge >= 0.3 is 5.69 Å². The summed E-state index contributed by atoms with van der Waals surface area (Å²) in [7, 11) is 1.61. The van der Waals surface area contributed by atoms with Crippen molar-refractivity contribution in [2.45, 2.75) is 45.8 Å². The summed E-state index contributed by atoms with van der Waals surface area (Å²) < 4.78 is 6.48. The number of nitrogens with one attached hydrogen (secondary N) is 1. The molecule has 0 aliphatic rings. The van der Waals surface area contributed by atoms with Gasteiger partial charge in [-0.3, -0.25) is 24.0 Å². The third kappa shape index (κ3) is 6.00. The summed E-state index contributed by atoms with van der Waals surface area (Å²) in [6.45, 7) is 4.78. The highest BCUT2D eigenvalue weighted by Crippen LogP contribution is 2.19. The molecule has 0 saturated carbocycles. The number of anilines is 1. The van der Waals surface area contributed by atoms with E-state index in [-0.39, 0.29) is 24.0 Å². The molecule has 0 saturated heterocycles. The van der Waals surface area contributed by atoms with Gasteiger partial charge in [-0.25, -0.2) is 4.79 Å². The Kier molecular flexibility index (Phi) is 8.24. The number of carbonyl (C=O) groups is 1. The van der Waals surface area contributed by atoms with E-state index in [0.29, 0.717) is 19.5 Å². The molecule has 3 rings (SSSR count). The second-order valence-corrected chi connectivity index (χ2v) is 9.01. The molecule has 1 atom stereocenters. The summed E-state index contributed by atoms with van der Waals surface area (Å²) in [5.74, 6) is 0.265. The number of ketones is 1. The lowest BCUT2D eigenvalue weighted by Crippen LogP contribution is -2.42. The van der Waals surface area contributed by atoms with Gasteiger partial charge in [-0.15, -0.1) is 11.3 Å². The lowest BCUT2D eigenvalue weighted by molar-refractivity contribution is 0.0888. The predicted octanol–water partition coefficient (Wildman–Crippen LogP) is 2.92. The van der Waals surface area contributed by atoms with E-state index in [1.54, 1.807) is 18.4 Å². The molecule has 0 aliphatic heterocycles. The zero-order valence-electron chi connectivity index (χ0n) is 19.2. The number of aromatic amines is 1. The molecule has 0 radical (unpaired) electrons. The average Bonchev–Trinajstić information content (AvgIpc) is 3.29. The van der Waals surface area contributed by atoms with Gasteiger partial charge in [-0.2, -0.15) is 0 Å². The second kappa shape index (κ2) is 11.1. The predicted molar refractivity (Wildman–Crippen MR) is 131 cm³/mol. The van der Waals surface area contributed by atoms with Crippen LogP contribution in [0.5, 0.6) is 5.75 Å². The monoisotopic (exact) mass is 470 g/mol. The number of nitrogens with zero attached hydrogens (tertiary/aromatic N) is 2. The molecule has 2 aromatic heterocycles. The van der Waals surface area contributed by atoms with Crippen molar-refractivity contribution in [3.63, 3.8) is 0 Å². The third-order valence-corrected chi connectivity index (χ3v) is 6.46. The Morgan fingerprint density at radius 2 is 1.97 bits per heavy atom. The summed E-state index contributed by atoms with van der Waals surface area (Å²) in [6, 6.07) is 11.8. The molecule has 9 heteroatoms. The number of benzene rings is 1. The number of hydrogen-bond donors (Lipinski definition) is 2. The minimum Gasteiger partial charge on any atom is -0.497 e. The zero-order valence-corrected chi connectivity index (χ0v) is 20.0. The zero-order chi connectivity index (χ0) is 24.0. The minimum absolute atomic E-state index is 0.00379. The molecule has 176 valence electrons. The number of nitrogens with two attached hydrogens (primary N) is 1. The minimum atomic E-state index is -0.745. The lowest BCUT2D eigenvalue weighted by Gasteiger charge is -2.28. The number of nitrogen functional groups attached to an aromatic ring is 1. The van der Waals surface area contributed by atoms with Gasteiger partial charge < -0.3 is 10.5 Å². The molecule has 0 spiro atoms. The van der Waals surface area contributed by atoms with Crippen molar-refractivity contribution in [3.05, 3.63) is 78.6 Å². The van der Waals surface area contributed by atoms with Crippen LogP contribution in [0.25, 0.3) is 0 Å². The van der Waals surface area contributed by atoms with E-state index in [2.05, 4.69) is 18.0 Å². The van der Waals surface area contributed by atoms with E-state index < -0.39 is 17.0 Å². The van der Waals surface area contributed by atoms with Crippen LogP contribution in [0.1, 0.15) is 41.1 Å². The maximum absolute atomic E-state index is 13.3. The topological polar surface area (TPSA) is 110 Å². The Bertz CT molecular complexity index is 1180. The number of carbonyl (C=O) groups excluding carboxylic acids is 1. The normalized spacial score (nSPS) is 12.1. The first-order valence-corrected chi connectivity index (χ1v) is 11.8. The van der Waals surface area contributed by atoms with Gasteiger partial charge in [0.05, 0.1) is 13.7 Å². The number of rotatable bonds is 11. The van der Waals surface area contributed by atoms with E-state index >= 15 is 0 Å². The van der Waals surface area contributed by atoms with Crippen LogP contribution in [-0.4, -0.2) is 39.9 Å². The standard InChI is InChI=1S/C24H30N4O4S/c1-4-11-28-22(25)21(23(30)26-24(28)31)20(29)15-27(16(2)13-19-6-5-12-33-19)14-17-7-9-18(32-3)10-8-17/h5-10,12,16H,4,11,13-15,25H2,1-3H3,(H,26,30,31). The second-order valence-electron chi connectivity index (χ2n) is 7.98. The largest absolute Gasteiger partial charge is 0.497 e. The van der Waals surface area contributed by atoms with Gasteiger partial charge in [0.1, 0.15) is 17.1 Å². The number of aromatic nitrogens is 2. The molecule has 0 bridgehead atoms. The Labute approximate surface area is 196 Å². The van der Waals surface area contributed by atoms with Gasteiger partial charge in [-0.1, -0.05) is 25.1 Å². The third-order valence-electron chi connectivity index (χ3n) is 5.56. The highest BCUT2D eigenvalue weighted by Gasteiger charge is 2.24. The number of thiophene rings is 1. The van der Waals surface area contributed by atoms with E-state index in [1.807, 2.05) is 47.5 Å². The number of methoxy groups -OCH3 is 1. The molecule has 0 amide bonds. The van der Waals surface area contributed by atoms with Crippen molar-refractivity contribution in [1.29, 1.82) is 0 Å². The average molecular weight is 471 g/mol. The molecule has 2 heterocycles. The SMILES string of the molecule is CCCn1c(N)c(C(=O)CN(Cc2ccc(OC)cc2)C(C)Cc2cccs2)c(=O)[nH]c1=O. The van der Waals surface area contributed by atoms with Crippen molar-refractivity contribution in [2.75, 3.05) is 19.4 Å². The fraction of sp³-hybridized carbons (Fsp3) is 0.375. The van der Waals surface area contributed by atoms with Gasteiger partial charge in [-0.05, 0) is 48.9 Å². The molecule has 33 heavy (non-hydrogen) atoms. The summed E-state index contributed by atoms with van der Waals surface area (Å²) in [5, 5.41) is 2.03. The van der Waals surface area contributed by atoms with Crippen LogP contribution in [-0.2, 0) is 19.5 Å². The highest BCUT2D eigenvalue weighted by molar-refractivity contribution is 7.09. The summed E-state index contributed by atoms with van der Waals surface area (Å²) in [4.78, 5) is 43.4. The molecule has 0 fully saturated rings. The first kappa shape index (κ1) is 24.5. The molecule has 8 nitrogen and oxygen atoms in total. The quantitative estimate of drug-likeness (QED) is 0.417. The Hall–Kier alpha value is -3.17. The molecule has 1 unspecified atom stereocenters. The Morgan fingerprint density at radius 3 is 2.58 bits per heavy atom. The first-order chi connectivity index (χ1) is 15.8. The van der Waals surface area contributed by atoms with E-state index in [0.717, 1.165) is 17.7 Å². The van der Waals surface area contributed by atoms with Crippen molar-refractivity contribution in [3.8, 4) is 5.75 Å². The first-order valence-electron chi connectivity index (χ1n) is 10.9. The smallest absolute Gasteiger partial charge is 0.329 e. The van der Waals surface area contributed by atoms with Crippen LogP contribution in [0.15, 0.2) is 51.4 Å². The number of hydrogen-bond acceptors (Lipinski definition) is 7. The highest BCUT2D eigenvalue weighted by atomic mass is 32.1. The number of Topliss-reactive ketones (excluding diaryl/α,β-unsaturated/α-hetero) is 1. The van der Waals surface area contributed by atoms with Gasteiger partial charge in [0, 0.05) is 24.0 Å². The maximum Gasteiger partial charge on any atom is 0.329 e. The summed E-state index contributed by atoms with van der Waals surface area (Å²) in [6.07, 6.45) is 1.41. The lowest BCUT2D eigenvalue weighted by atomic mass is 10.1. The van der Waals surface area contributed by atoms with E-state index in [9.17, 15) is 14.4 Å². The number of ether oxygens (including phenoxy) is 1. The van der Waals surface area contributed by atoms with Gasteiger partial charge in [0.15, 0.2) is 5.78 Å². The maximum atomic E-state index is 13.3. The number of H-pyrrole nitrogens is 1. The fourth-order valence-electron chi connectivity index (χ4n) is 3.75. The van der Waals surface area contributed by atoms with Crippen LogP contribution in [0, 0.1) is 0 Å².